The first-order chi connectivity index (χ1) is 7.09. The summed E-state index contributed by atoms with van der Waals surface area (Å²) < 4.78 is 7.32. The van der Waals surface area contributed by atoms with Crippen molar-refractivity contribution in [1.29, 1.82) is 0 Å². The Balaban J connectivity index is 2.36. The van der Waals surface area contributed by atoms with Crippen LogP contribution in [0, 0.1) is 13.8 Å². The molecule has 2 N–H and O–H groups in total. The highest BCUT2D eigenvalue weighted by molar-refractivity contribution is 5.38. The Bertz CT molecular complexity index is 470. The van der Waals surface area contributed by atoms with Crippen molar-refractivity contribution in [2.75, 3.05) is 5.73 Å². The van der Waals surface area contributed by atoms with Crippen LogP contribution in [-0.2, 0) is 0 Å². The van der Waals surface area contributed by atoms with E-state index in [0.717, 1.165) is 17.1 Å². The Morgan fingerprint density at radius 3 is 2.60 bits per heavy atom. The number of nitrogens with zero attached hydrogens (tertiary/aromatic N) is 2. The van der Waals surface area contributed by atoms with Crippen molar-refractivity contribution in [2.45, 2.75) is 26.8 Å². The molecule has 0 fully saturated rings. The van der Waals surface area contributed by atoms with Gasteiger partial charge in [-0.15, -0.1) is 0 Å². The van der Waals surface area contributed by atoms with Gasteiger partial charge >= 0.3 is 0 Å². The molecule has 0 aliphatic rings. The molecule has 80 valence electrons. The SMILES string of the molecule is Cc1ccc(C(C)n2ncc(C)c2N)o1. The van der Waals surface area contributed by atoms with Gasteiger partial charge in [0, 0.05) is 5.56 Å². The average Bonchev–Trinajstić information content (AvgIpc) is 2.75. The molecule has 2 rings (SSSR count). The Morgan fingerprint density at radius 2 is 2.13 bits per heavy atom. The lowest BCUT2D eigenvalue weighted by Gasteiger charge is -2.11. The summed E-state index contributed by atoms with van der Waals surface area (Å²) in [4.78, 5) is 0. The number of rotatable bonds is 2. The maximum absolute atomic E-state index is 5.91. The number of hydrogen-bond donors (Lipinski definition) is 1. The Morgan fingerprint density at radius 1 is 1.40 bits per heavy atom. The summed E-state index contributed by atoms with van der Waals surface area (Å²) >= 11 is 0. The van der Waals surface area contributed by atoms with Crippen LogP contribution in [-0.4, -0.2) is 9.78 Å². The standard InChI is InChI=1S/C11H15N3O/c1-7-6-13-14(11(7)12)9(3)10-5-4-8(2)15-10/h4-6,9H,12H2,1-3H3. The van der Waals surface area contributed by atoms with E-state index in [4.69, 9.17) is 10.2 Å². The van der Waals surface area contributed by atoms with E-state index in [1.807, 2.05) is 32.9 Å². The van der Waals surface area contributed by atoms with E-state index in [9.17, 15) is 0 Å². The summed E-state index contributed by atoms with van der Waals surface area (Å²) in [5.41, 5.74) is 6.90. The highest BCUT2D eigenvalue weighted by atomic mass is 16.3. The van der Waals surface area contributed by atoms with E-state index in [0.29, 0.717) is 5.82 Å². The molecule has 0 spiro atoms. The molecule has 0 saturated carbocycles. The van der Waals surface area contributed by atoms with E-state index in [2.05, 4.69) is 5.10 Å². The van der Waals surface area contributed by atoms with Gasteiger partial charge in [0.1, 0.15) is 23.4 Å². The molecule has 0 aromatic carbocycles. The number of aromatic nitrogens is 2. The van der Waals surface area contributed by atoms with Crippen LogP contribution in [0.4, 0.5) is 5.82 Å². The number of nitrogen functional groups attached to an aromatic ring is 1. The van der Waals surface area contributed by atoms with Gasteiger partial charge in [0.2, 0.25) is 0 Å². The second kappa shape index (κ2) is 3.46. The predicted octanol–water partition coefficient (Wildman–Crippen LogP) is 2.28. The normalized spacial score (nSPS) is 13.0. The molecule has 1 atom stereocenters. The molecule has 0 bridgehead atoms. The third-order valence-electron chi connectivity index (χ3n) is 2.57. The van der Waals surface area contributed by atoms with Gasteiger partial charge in [0.05, 0.1) is 6.20 Å². The van der Waals surface area contributed by atoms with Gasteiger partial charge in [-0.25, -0.2) is 4.68 Å². The van der Waals surface area contributed by atoms with Crippen LogP contribution in [0.1, 0.15) is 30.0 Å². The Kier molecular flexibility index (Phi) is 2.26. The van der Waals surface area contributed by atoms with Crippen molar-refractivity contribution in [3.63, 3.8) is 0 Å². The summed E-state index contributed by atoms with van der Waals surface area (Å²) in [7, 11) is 0. The lowest BCUT2D eigenvalue weighted by Crippen LogP contribution is -2.11. The zero-order chi connectivity index (χ0) is 11.0. The van der Waals surface area contributed by atoms with Crippen LogP contribution in [0.2, 0.25) is 0 Å². The summed E-state index contributed by atoms with van der Waals surface area (Å²) in [6.45, 7) is 5.88. The number of hydrogen-bond acceptors (Lipinski definition) is 3. The second-order valence-electron chi connectivity index (χ2n) is 3.78. The Hall–Kier alpha value is -1.71. The van der Waals surface area contributed by atoms with Gasteiger partial charge in [0.15, 0.2) is 0 Å². The minimum absolute atomic E-state index is 0.0346. The van der Waals surface area contributed by atoms with E-state index < -0.39 is 0 Å². The number of nitrogens with two attached hydrogens (primary N) is 1. The molecule has 15 heavy (non-hydrogen) atoms. The molecule has 2 heterocycles. The zero-order valence-corrected chi connectivity index (χ0v) is 9.19. The summed E-state index contributed by atoms with van der Waals surface area (Å²) in [5, 5.41) is 4.23. The fourth-order valence-electron chi connectivity index (χ4n) is 1.56. The predicted molar refractivity (Wildman–Crippen MR) is 58.6 cm³/mol. The van der Waals surface area contributed by atoms with Crippen molar-refractivity contribution < 1.29 is 4.42 Å². The van der Waals surface area contributed by atoms with E-state index in [1.54, 1.807) is 10.9 Å². The third-order valence-corrected chi connectivity index (χ3v) is 2.57. The minimum Gasteiger partial charge on any atom is -0.464 e. The van der Waals surface area contributed by atoms with Crippen molar-refractivity contribution in [1.82, 2.24) is 9.78 Å². The summed E-state index contributed by atoms with van der Waals surface area (Å²) in [5.74, 6) is 2.47. The van der Waals surface area contributed by atoms with Crippen LogP contribution in [0.5, 0.6) is 0 Å². The van der Waals surface area contributed by atoms with Gasteiger partial charge in [-0.3, -0.25) is 0 Å². The number of furan rings is 1. The lowest BCUT2D eigenvalue weighted by molar-refractivity contribution is 0.414. The molecule has 0 aliphatic heterocycles. The van der Waals surface area contributed by atoms with Crippen LogP contribution in [0.3, 0.4) is 0 Å². The van der Waals surface area contributed by atoms with Gasteiger partial charge in [-0.05, 0) is 32.9 Å². The van der Waals surface area contributed by atoms with Gasteiger partial charge in [-0.1, -0.05) is 0 Å². The molecule has 4 nitrogen and oxygen atoms in total. The van der Waals surface area contributed by atoms with Gasteiger partial charge in [-0.2, -0.15) is 5.10 Å². The molecule has 2 aromatic rings. The molecule has 0 saturated heterocycles. The van der Waals surface area contributed by atoms with Crippen molar-refractivity contribution in [3.05, 3.63) is 35.4 Å². The summed E-state index contributed by atoms with van der Waals surface area (Å²) in [6.07, 6.45) is 1.77. The van der Waals surface area contributed by atoms with Crippen molar-refractivity contribution >= 4 is 5.82 Å². The molecule has 1 unspecified atom stereocenters. The van der Waals surface area contributed by atoms with Crippen LogP contribution in [0.25, 0.3) is 0 Å². The summed E-state index contributed by atoms with van der Waals surface area (Å²) in [6, 6.07) is 3.93. The fraction of sp³-hybridized carbons (Fsp3) is 0.364. The van der Waals surface area contributed by atoms with Crippen LogP contribution < -0.4 is 5.73 Å². The maximum atomic E-state index is 5.91. The second-order valence-corrected chi connectivity index (χ2v) is 3.78. The number of aryl methyl sites for hydroxylation is 2. The first-order valence-electron chi connectivity index (χ1n) is 4.95. The molecule has 0 aliphatic carbocycles. The zero-order valence-electron chi connectivity index (χ0n) is 9.19. The molecular formula is C11H15N3O. The fourth-order valence-corrected chi connectivity index (χ4v) is 1.56. The largest absolute Gasteiger partial charge is 0.464 e. The van der Waals surface area contributed by atoms with Gasteiger partial charge in [0.25, 0.3) is 0 Å². The van der Waals surface area contributed by atoms with Crippen LogP contribution in [0.15, 0.2) is 22.7 Å². The van der Waals surface area contributed by atoms with E-state index in [-0.39, 0.29) is 6.04 Å². The van der Waals surface area contributed by atoms with E-state index >= 15 is 0 Å². The monoisotopic (exact) mass is 205 g/mol. The lowest BCUT2D eigenvalue weighted by atomic mass is 10.2. The Labute approximate surface area is 88.7 Å². The first kappa shape index (κ1) is 9.83. The van der Waals surface area contributed by atoms with Crippen molar-refractivity contribution in [3.8, 4) is 0 Å². The quantitative estimate of drug-likeness (QED) is 0.818. The minimum atomic E-state index is 0.0346. The topological polar surface area (TPSA) is 57.0 Å². The average molecular weight is 205 g/mol. The maximum Gasteiger partial charge on any atom is 0.128 e. The van der Waals surface area contributed by atoms with Crippen LogP contribution >= 0.6 is 0 Å². The van der Waals surface area contributed by atoms with Crippen molar-refractivity contribution in [2.24, 2.45) is 0 Å². The molecule has 0 amide bonds. The third kappa shape index (κ3) is 1.63. The highest BCUT2D eigenvalue weighted by Gasteiger charge is 2.15. The number of anilines is 1. The molecule has 4 heteroatoms. The van der Waals surface area contributed by atoms with Gasteiger partial charge < -0.3 is 10.2 Å². The van der Waals surface area contributed by atoms with E-state index in [1.165, 1.54) is 0 Å². The molecular weight excluding hydrogens is 190 g/mol. The smallest absolute Gasteiger partial charge is 0.128 e. The molecule has 2 aromatic heterocycles. The molecule has 0 radical (unpaired) electrons. The first-order valence-corrected chi connectivity index (χ1v) is 4.95. The highest BCUT2D eigenvalue weighted by Crippen LogP contribution is 2.23.